The largest absolute Gasteiger partial charge is 0.447 e. The average molecular weight is 157 g/mol. The van der Waals surface area contributed by atoms with Gasteiger partial charge >= 0.3 is 6.09 Å². The molecule has 1 heterocycles. The predicted octanol–water partition coefficient (Wildman–Crippen LogP) is 1.48. The second-order valence-corrected chi connectivity index (χ2v) is 3.17. The molecule has 1 saturated heterocycles. The molecule has 3 heteroatoms. The SMILES string of the molecule is CCN1C(=O)OC[C@H]1C(C)C. The number of hydrogen-bond acceptors (Lipinski definition) is 2. The van der Waals surface area contributed by atoms with Crippen LogP contribution in [-0.2, 0) is 4.74 Å². The number of rotatable bonds is 2. The van der Waals surface area contributed by atoms with Crippen LogP contribution >= 0.6 is 0 Å². The van der Waals surface area contributed by atoms with Crippen LogP contribution in [-0.4, -0.2) is 30.2 Å². The second-order valence-electron chi connectivity index (χ2n) is 3.17. The van der Waals surface area contributed by atoms with Crippen molar-refractivity contribution < 1.29 is 9.53 Å². The summed E-state index contributed by atoms with van der Waals surface area (Å²) in [5.41, 5.74) is 0. The van der Waals surface area contributed by atoms with E-state index >= 15 is 0 Å². The fourth-order valence-corrected chi connectivity index (χ4v) is 1.38. The molecule has 11 heavy (non-hydrogen) atoms. The van der Waals surface area contributed by atoms with Gasteiger partial charge in [-0.25, -0.2) is 4.79 Å². The third kappa shape index (κ3) is 1.47. The van der Waals surface area contributed by atoms with E-state index < -0.39 is 0 Å². The molecule has 1 rings (SSSR count). The van der Waals surface area contributed by atoms with Gasteiger partial charge in [-0.1, -0.05) is 13.8 Å². The standard InChI is InChI=1S/C8H15NO2/c1-4-9-7(6(2)3)5-11-8(9)10/h6-7H,4-5H2,1-3H3/t7-/m0/s1. The van der Waals surface area contributed by atoms with E-state index in [0.29, 0.717) is 12.5 Å². The van der Waals surface area contributed by atoms with E-state index in [2.05, 4.69) is 13.8 Å². The molecule has 0 unspecified atom stereocenters. The van der Waals surface area contributed by atoms with E-state index in [1.165, 1.54) is 0 Å². The molecule has 1 aliphatic heterocycles. The van der Waals surface area contributed by atoms with Crippen molar-refractivity contribution in [3.8, 4) is 0 Å². The van der Waals surface area contributed by atoms with Crippen molar-refractivity contribution in [2.75, 3.05) is 13.2 Å². The lowest BCUT2D eigenvalue weighted by Crippen LogP contribution is -2.36. The lowest BCUT2D eigenvalue weighted by molar-refractivity contribution is 0.158. The van der Waals surface area contributed by atoms with Gasteiger partial charge in [0.15, 0.2) is 0 Å². The smallest absolute Gasteiger partial charge is 0.410 e. The highest BCUT2D eigenvalue weighted by Gasteiger charge is 2.33. The van der Waals surface area contributed by atoms with Crippen LogP contribution in [0, 0.1) is 5.92 Å². The highest BCUT2D eigenvalue weighted by molar-refractivity contribution is 5.70. The normalized spacial score (nSPS) is 24.5. The molecule has 64 valence electrons. The number of amides is 1. The number of hydrogen-bond donors (Lipinski definition) is 0. The minimum absolute atomic E-state index is 0.161. The highest BCUT2D eigenvalue weighted by atomic mass is 16.6. The maximum absolute atomic E-state index is 11.0. The molecule has 1 fully saturated rings. The van der Waals surface area contributed by atoms with Gasteiger partial charge in [0.05, 0.1) is 6.04 Å². The Labute approximate surface area is 67.3 Å². The first kappa shape index (κ1) is 8.37. The summed E-state index contributed by atoms with van der Waals surface area (Å²) >= 11 is 0. The van der Waals surface area contributed by atoms with Crippen molar-refractivity contribution >= 4 is 6.09 Å². The molecule has 0 aliphatic carbocycles. The zero-order valence-corrected chi connectivity index (χ0v) is 7.33. The molecule has 0 aromatic heterocycles. The van der Waals surface area contributed by atoms with E-state index in [4.69, 9.17) is 4.74 Å². The minimum atomic E-state index is -0.161. The summed E-state index contributed by atoms with van der Waals surface area (Å²) in [5.74, 6) is 0.487. The molecule has 0 bridgehead atoms. The molecule has 0 aromatic rings. The van der Waals surface area contributed by atoms with Crippen LogP contribution in [0.1, 0.15) is 20.8 Å². The van der Waals surface area contributed by atoms with Crippen LogP contribution in [0.2, 0.25) is 0 Å². The van der Waals surface area contributed by atoms with Crippen LogP contribution in [0.4, 0.5) is 4.79 Å². The fourth-order valence-electron chi connectivity index (χ4n) is 1.38. The van der Waals surface area contributed by atoms with Crippen LogP contribution in [0.3, 0.4) is 0 Å². The Kier molecular flexibility index (Phi) is 2.37. The summed E-state index contributed by atoms with van der Waals surface area (Å²) < 4.78 is 4.92. The van der Waals surface area contributed by atoms with Gasteiger partial charge in [-0.05, 0) is 12.8 Å². The van der Waals surface area contributed by atoms with Gasteiger partial charge in [0, 0.05) is 6.54 Å². The highest BCUT2D eigenvalue weighted by Crippen LogP contribution is 2.18. The fraction of sp³-hybridized carbons (Fsp3) is 0.875. The van der Waals surface area contributed by atoms with Crippen LogP contribution < -0.4 is 0 Å². The number of cyclic esters (lactones) is 1. The Morgan fingerprint density at radius 2 is 2.36 bits per heavy atom. The monoisotopic (exact) mass is 157 g/mol. The molecular formula is C8H15NO2. The molecule has 1 aliphatic rings. The van der Waals surface area contributed by atoms with Crippen molar-refractivity contribution in [3.05, 3.63) is 0 Å². The third-order valence-corrected chi connectivity index (χ3v) is 2.12. The molecule has 3 nitrogen and oxygen atoms in total. The van der Waals surface area contributed by atoms with Gasteiger partial charge in [0.1, 0.15) is 6.61 Å². The molecule has 0 radical (unpaired) electrons. The maximum Gasteiger partial charge on any atom is 0.410 e. The lowest BCUT2D eigenvalue weighted by atomic mass is 10.1. The maximum atomic E-state index is 11.0. The van der Waals surface area contributed by atoms with Crippen LogP contribution in [0.15, 0.2) is 0 Å². The average Bonchev–Trinajstić information content (AvgIpc) is 2.30. The molecule has 0 spiro atoms. The molecule has 1 atom stereocenters. The van der Waals surface area contributed by atoms with Crippen molar-refractivity contribution in [1.29, 1.82) is 0 Å². The number of carbonyl (C=O) groups is 1. The molecule has 1 amide bonds. The van der Waals surface area contributed by atoms with Crippen LogP contribution in [0.5, 0.6) is 0 Å². The number of nitrogens with zero attached hydrogens (tertiary/aromatic N) is 1. The van der Waals surface area contributed by atoms with Gasteiger partial charge in [-0.2, -0.15) is 0 Å². The van der Waals surface area contributed by atoms with Crippen molar-refractivity contribution in [2.24, 2.45) is 5.92 Å². The Hall–Kier alpha value is -0.730. The first-order chi connectivity index (χ1) is 5.16. The second kappa shape index (κ2) is 3.11. The van der Waals surface area contributed by atoms with Gasteiger partial charge in [-0.3, -0.25) is 0 Å². The molecule has 0 saturated carbocycles. The van der Waals surface area contributed by atoms with E-state index in [9.17, 15) is 4.79 Å². The third-order valence-electron chi connectivity index (χ3n) is 2.12. The predicted molar refractivity (Wildman–Crippen MR) is 42.4 cm³/mol. The van der Waals surface area contributed by atoms with Gasteiger partial charge in [0.2, 0.25) is 0 Å². The molecule has 0 N–H and O–H groups in total. The topological polar surface area (TPSA) is 29.5 Å². The Morgan fingerprint density at radius 1 is 1.73 bits per heavy atom. The van der Waals surface area contributed by atoms with Crippen LogP contribution in [0.25, 0.3) is 0 Å². The minimum Gasteiger partial charge on any atom is -0.447 e. The van der Waals surface area contributed by atoms with Crippen molar-refractivity contribution in [2.45, 2.75) is 26.8 Å². The van der Waals surface area contributed by atoms with E-state index in [1.54, 1.807) is 4.90 Å². The summed E-state index contributed by atoms with van der Waals surface area (Å²) in [6.45, 7) is 7.50. The van der Waals surface area contributed by atoms with E-state index in [0.717, 1.165) is 6.54 Å². The summed E-state index contributed by atoms with van der Waals surface area (Å²) in [7, 11) is 0. The first-order valence-electron chi connectivity index (χ1n) is 4.10. The van der Waals surface area contributed by atoms with E-state index in [1.807, 2.05) is 6.92 Å². The van der Waals surface area contributed by atoms with E-state index in [-0.39, 0.29) is 12.1 Å². The summed E-state index contributed by atoms with van der Waals surface area (Å²) in [6, 6.07) is 0.285. The van der Waals surface area contributed by atoms with Gasteiger partial charge in [-0.15, -0.1) is 0 Å². The summed E-state index contributed by atoms with van der Waals surface area (Å²) in [4.78, 5) is 12.8. The van der Waals surface area contributed by atoms with Gasteiger partial charge in [0.25, 0.3) is 0 Å². The first-order valence-corrected chi connectivity index (χ1v) is 4.10. The molecular weight excluding hydrogens is 142 g/mol. The number of likely N-dealkylation sites (N-methyl/N-ethyl adjacent to an activating group) is 1. The lowest BCUT2D eigenvalue weighted by Gasteiger charge is -2.22. The Balaban J connectivity index is 2.61. The zero-order valence-electron chi connectivity index (χ0n) is 7.33. The number of carbonyl (C=O) groups excluding carboxylic acids is 1. The van der Waals surface area contributed by atoms with Crippen molar-refractivity contribution in [1.82, 2.24) is 4.90 Å². The van der Waals surface area contributed by atoms with Gasteiger partial charge < -0.3 is 9.64 Å². The number of ether oxygens (including phenoxy) is 1. The Morgan fingerprint density at radius 3 is 2.73 bits per heavy atom. The Bertz CT molecular complexity index is 156. The zero-order chi connectivity index (χ0) is 8.43. The summed E-state index contributed by atoms with van der Waals surface area (Å²) in [6.07, 6.45) is -0.161. The molecule has 0 aromatic carbocycles. The summed E-state index contributed by atoms with van der Waals surface area (Å²) in [5, 5.41) is 0. The van der Waals surface area contributed by atoms with Crippen molar-refractivity contribution in [3.63, 3.8) is 0 Å². The quantitative estimate of drug-likeness (QED) is 0.607.